The molecular weight excluding hydrogens is 262 g/mol. The highest BCUT2D eigenvalue weighted by Crippen LogP contribution is 2.29. The molecule has 0 spiro atoms. The second-order valence-corrected chi connectivity index (χ2v) is 7.35. The van der Waals surface area contributed by atoms with E-state index in [1.807, 2.05) is 0 Å². The third-order valence-corrected chi connectivity index (χ3v) is 4.20. The molecule has 0 heterocycles. The molecule has 1 aromatic carbocycles. The standard InChI is InChI=1S/C18H27NO2/c1-13(17(20)21)11-19(16-9-10-16)12-14-5-7-15(8-6-14)18(2,3)4/h5-8,13,16H,9-12H2,1-4H3,(H,20,21). The van der Waals surface area contributed by atoms with Gasteiger partial charge in [0.25, 0.3) is 0 Å². The summed E-state index contributed by atoms with van der Waals surface area (Å²) in [5, 5.41) is 9.10. The molecule has 3 heteroatoms. The van der Waals surface area contributed by atoms with Crippen molar-refractivity contribution in [2.45, 2.75) is 58.5 Å². The molecule has 1 aliphatic rings. The molecule has 1 aliphatic carbocycles. The minimum atomic E-state index is -0.705. The second-order valence-electron chi connectivity index (χ2n) is 7.35. The van der Waals surface area contributed by atoms with E-state index in [0.717, 1.165) is 6.54 Å². The van der Waals surface area contributed by atoms with Crippen LogP contribution >= 0.6 is 0 Å². The first-order chi connectivity index (χ1) is 9.77. The van der Waals surface area contributed by atoms with Crippen molar-refractivity contribution in [2.75, 3.05) is 6.54 Å². The van der Waals surface area contributed by atoms with Crippen LogP contribution in [-0.2, 0) is 16.8 Å². The van der Waals surface area contributed by atoms with Crippen molar-refractivity contribution in [1.82, 2.24) is 4.90 Å². The fourth-order valence-electron chi connectivity index (χ4n) is 2.56. The van der Waals surface area contributed by atoms with E-state index >= 15 is 0 Å². The number of rotatable bonds is 6. The lowest BCUT2D eigenvalue weighted by molar-refractivity contribution is -0.141. The Bertz CT molecular complexity index is 483. The summed E-state index contributed by atoms with van der Waals surface area (Å²) in [5.41, 5.74) is 2.78. The molecule has 2 rings (SSSR count). The lowest BCUT2D eigenvalue weighted by atomic mass is 9.87. The van der Waals surface area contributed by atoms with Gasteiger partial charge < -0.3 is 5.11 Å². The molecular formula is C18H27NO2. The van der Waals surface area contributed by atoms with Crippen LogP contribution in [0.1, 0.15) is 51.7 Å². The van der Waals surface area contributed by atoms with Gasteiger partial charge in [0.05, 0.1) is 5.92 Å². The Morgan fingerprint density at radius 3 is 2.29 bits per heavy atom. The molecule has 1 aromatic rings. The number of nitrogens with zero attached hydrogens (tertiary/aromatic N) is 1. The zero-order valence-electron chi connectivity index (χ0n) is 13.6. The van der Waals surface area contributed by atoms with Crippen LogP contribution in [0.2, 0.25) is 0 Å². The van der Waals surface area contributed by atoms with Crippen LogP contribution in [0.5, 0.6) is 0 Å². The van der Waals surface area contributed by atoms with Crippen LogP contribution in [0.4, 0.5) is 0 Å². The molecule has 1 saturated carbocycles. The van der Waals surface area contributed by atoms with Gasteiger partial charge in [-0.05, 0) is 29.4 Å². The van der Waals surface area contributed by atoms with Gasteiger partial charge in [-0.3, -0.25) is 9.69 Å². The lowest BCUT2D eigenvalue weighted by Crippen LogP contribution is -2.33. The first kappa shape index (κ1) is 16.0. The summed E-state index contributed by atoms with van der Waals surface area (Å²) in [6.07, 6.45) is 2.40. The summed E-state index contributed by atoms with van der Waals surface area (Å²) >= 11 is 0. The van der Waals surface area contributed by atoms with Crippen molar-refractivity contribution in [1.29, 1.82) is 0 Å². The molecule has 0 radical (unpaired) electrons. The van der Waals surface area contributed by atoms with Crippen LogP contribution in [-0.4, -0.2) is 28.6 Å². The van der Waals surface area contributed by atoms with Crippen LogP contribution < -0.4 is 0 Å². The van der Waals surface area contributed by atoms with E-state index in [-0.39, 0.29) is 11.3 Å². The molecule has 3 nitrogen and oxygen atoms in total. The molecule has 116 valence electrons. The molecule has 0 saturated heterocycles. The summed E-state index contributed by atoms with van der Waals surface area (Å²) in [4.78, 5) is 13.4. The van der Waals surface area contributed by atoms with Gasteiger partial charge in [-0.15, -0.1) is 0 Å². The monoisotopic (exact) mass is 289 g/mol. The van der Waals surface area contributed by atoms with Gasteiger partial charge in [-0.25, -0.2) is 0 Å². The van der Waals surface area contributed by atoms with E-state index in [4.69, 9.17) is 5.11 Å². The smallest absolute Gasteiger partial charge is 0.307 e. The van der Waals surface area contributed by atoms with Gasteiger partial charge in [0.15, 0.2) is 0 Å². The highest BCUT2D eigenvalue weighted by molar-refractivity contribution is 5.69. The van der Waals surface area contributed by atoms with Gasteiger partial charge in [0.2, 0.25) is 0 Å². The molecule has 1 N–H and O–H groups in total. The summed E-state index contributed by atoms with van der Waals surface area (Å²) < 4.78 is 0. The molecule has 0 bridgehead atoms. The van der Waals surface area contributed by atoms with Gasteiger partial charge >= 0.3 is 5.97 Å². The normalized spacial score (nSPS) is 17.0. The maximum absolute atomic E-state index is 11.1. The van der Waals surface area contributed by atoms with E-state index in [0.29, 0.717) is 12.6 Å². The van der Waals surface area contributed by atoms with Crippen LogP contribution in [0.15, 0.2) is 24.3 Å². The summed E-state index contributed by atoms with van der Waals surface area (Å²) in [5.74, 6) is -1.01. The summed E-state index contributed by atoms with van der Waals surface area (Å²) in [6.45, 7) is 9.93. The third kappa shape index (κ3) is 4.57. The first-order valence-corrected chi connectivity index (χ1v) is 7.83. The van der Waals surface area contributed by atoms with Crippen molar-refractivity contribution in [3.05, 3.63) is 35.4 Å². The van der Waals surface area contributed by atoms with Crippen LogP contribution in [0.25, 0.3) is 0 Å². The largest absolute Gasteiger partial charge is 0.481 e. The average molecular weight is 289 g/mol. The number of benzene rings is 1. The quantitative estimate of drug-likeness (QED) is 0.868. The van der Waals surface area contributed by atoms with Gasteiger partial charge in [-0.1, -0.05) is 52.0 Å². The molecule has 0 amide bonds. The fraction of sp³-hybridized carbons (Fsp3) is 0.611. The van der Waals surface area contributed by atoms with E-state index in [1.165, 1.54) is 24.0 Å². The minimum absolute atomic E-state index is 0.173. The molecule has 1 unspecified atom stereocenters. The summed E-state index contributed by atoms with van der Waals surface area (Å²) in [7, 11) is 0. The number of carboxylic acids is 1. The van der Waals surface area contributed by atoms with E-state index in [1.54, 1.807) is 6.92 Å². The minimum Gasteiger partial charge on any atom is -0.481 e. The fourth-order valence-corrected chi connectivity index (χ4v) is 2.56. The highest BCUT2D eigenvalue weighted by atomic mass is 16.4. The van der Waals surface area contributed by atoms with Crippen molar-refractivity contribution in [3.63, 3.8) is 0 Å². The Morgan fingerprint density at radius 2 is 1.86 bits per heavy atom. The number of hydrogen-bond acceptors (Lipinski definition) is 2. The van der Waals surface area contributed by atoms with Crippen molar-refractivity contribution >= 4 is 5.97 Å². The molecule has 1 fully saturated rings. The topological polar surface area (TPSA) is 40.5 Å². The number of aliphatic carboxylic acids is 1. The van der Waals surface area contributed by atoms with Crippen molar-refractivity contribution < 1.29 is 9.90 Å². The zero-order chi connectivity index (χ0) is 15.6. The zero-order valence-corrected chi connectivity index (χ0v) is 13.6. The predicted octanol–water partition coefficient (Wildman–Crippen LogP) is 3.67. The molecule has 0 aliphatic heterocycles. The maximum atomic E-state index is 11.1. The third-order valence-electron chi connectivity index (χ3n) is 4.20. The van der Waals surface area contributed by atoms with Gasteiger partial charge in [0, 0.05) is 19.1 Å². The molecule has 21 heavy (non-hydrogen) atoms. The van der Waals surface area contributed by atoms with E-state index < -0.39 is 5.97 Å². The SMILES string of the molecule is CC(CN(Cc1ccc(C(C)(C)C)cc1)C1CC1)C(=O)O. The lowest BCUT2D eigenvalue weighted by Gasteiger charge is -2.25. The second kappa shape index (κ2) is 6.18. The Labute approximate surface area is 128 Å². The summed E-state index contributed by atoms with van der Waals surface area (Å²) in [6, 6.07) is 9.33. The molecule has 0 aromatic heterocycles. The highest BCUT2D eigenvalue weighted by Gasteiger charge is 2.31. The van der Waals surface area contributed by atoms with Crippen molar-refractivity contribution in [3.8, 4) is 0 Å². The van der Waals surface area contributed by atoms with E-state index in [9.17, 15) is 4.79 Å². The van der Waals surface area contributed by atoms with Crippen LogP contribution in [0.3, 0.4) is 0 Å². The average Bonchev–Trinajstić information content (AvgIpc) is 3.21. The van der Waals surface area contributed by atoms with Crippen LogP contribution in [0, 0.1) is 5.92 Å². The number of carbonyl (C=O) groups is 1. The maximum Gasteiger partial charge on any atom is 0.307 e. The van der Waals surface area contributed by atoms with Gasteiger partial charge in [-0.2, -0.15) is 0 Å². The predicted molar refractivity (Wildman–Crippen MR) is 85.4 cm³/mol. The molecule has 1 atom stereocenters. The Kier molecular flexibility index (Phi) is 4.72. The number of hydrogen-bond donors (Lipinski definition) is 1. The van der Waals surface area contributed by atoms with E-state index in [2.05, 4.69) is 49.9 Å². The Balaban J connectivity index is 2.02. The number of carboxylic acid groups (broad SMARTS) is 1. The Morgan fingerprint density at radius 1 is 1.29 bits per heavy atom. The first-order valence-electron chi connectivity index (χ1n) is 7.83. The van der Waals surface area contributed by atoms with Gasteiger partial charge in [0.1, 0.15) is 0 Å². The Hall–Kier alpha value is -1.35. The van der Waals surface area contributed by atoms with Crippen molar-refractivity contribution in [2.24, 2.45) is 5.92 Å².